The van der Waals surface area contributed by atoms with Crippen LogP contribution in [-0.2, 0) is 9.59 Å². The Morgan fingerprint density at radius 1 is 1.04 bits per heavy atom. The van der Waals surface area contributed by atoms with E-state index >= 15 is 0 Å². The molecular weight excluding hydrogens is 320 g/mol. The zero-order valence-electron chi connectivity index (χ0n) is 15.2. The number of nitrogens with zero attached hydrogens (tertiary/aromatic N) is 2. The second kappa shape index (κ2) is 12.5. The Morgan fingerprint density at radius 2 is 1.76 bits per heavy atom. The number of carbonyl (C=O) groups excluding carboxylic acids is 2. The minimum absolute atomic E-state index is 0.0515. The summed E-state index contributed by atoms with van der Waals surface area (Å²) in [7, 11) is 0. The van der Waals surface area contributed by atoms with Gasteiger partial charge in [-0.15, -0.1) is 0 Å². The van der Waals surface area contributed by atoms with Crippen LogP contribution in [0.1, 0.15) is 57.8 Å². The van der Waals surface area contributed by atoms with Crippen LogP contribution < -0.4 is 22.5 Å². The van der Waals surface area contributed by atoms with E-state index in [4.69, 9.17) is 17.2 Å². The van der Waals surface area contributed by atoms with Gasteiger partial charge in [-0.1, -0.05) is 6.42 Å². The number of hydrogen-bond donors (Lipinski definition) is 4. The number of unbranched alkanes of at least 4 members (excludes halogenated alkanes) is 3. The molecule has 0 spiro atoms. The molecule has 1 fully saturated rings. The second-order valence-electron chi connectivity index (χ2n) is 6.55. The second-order valence-corrected chi connectivity index (χ2v) is 6.55. The molecule has 8 heteroatoms. The Balaban J connectivity index is 2.34. The number of carbonyl (C=O) groups is 2. The number of guanidine groups is 1. The molecule has 0 bridgehead atoms. The average Bonchev–Trinajstić information content (AvgIpc) is 3.11. The number of amides is 2. The maximum absolute atomic E-state index is 12.6. The van der Waals surface area contributed by atoms with Crippen LogP contribution >= 0.6 is 0 Å². The maximum atomic E-state index is 12.6. The van der Waals surface area contributed by atoms with Crippen molar-refractivity contribution >= 4 is 17.8 Å². The van der Waals surface area contributed by atoms with E-state index in [2.05, 4.69) is 10.3 Å². The van der Waals surface area contributed by atoms with Gasteiger partial charge >= 0.3 is 0 Å². The molecule has 0 saturated carbocycles. The Kier molecular flexibility index (Phi) is 10.6. The molecule has 0 aromatic heterocycles. The molecule has 1 saturated heterocycles. The molecule has 0 unspecified atom stereocenters. The molecule has 0 aromatic rings. The van der Waals surface area contributed by atoms with Crippen LogP contribution in [0.2, 0.25) is 0 Å². The highest BCUT2D eigenvalue weighted by Crippen LogP contribution is 2.12. The van der Waals surface area contributed by atoms with E-state index in [1.807, 2.05) is 4.90 Å². The first kappa shape index (κ1) is 21.2. The number of rotatable bonds is 12. The summed E-state index contributed by atoms with van der Waals surface area (Å²) in [5.74, 6) is 0.0845. The van der Waals surface area contributed by atoms with Crippen LogP contribution in [0, 0.1) is 0 Å². The first-order valence-corrected chi connectivity index (χ1v) is 9.38. The quantitative estimate of drug-likeness (QED) is 0.223. The summed E-state index contributed by atoms with van der Waals surface area (Å²) in [5, 5.41) is 2.92. The van der Waals surface area contributed by atoms with Crippen molar-refractivity contribution < 1.29 is 9.59 Å². The van der Waals surface area contributed by atoms with Gasteiger partial charge in [-0.05, 0) is 51.5 Å². The fourth-order valence-corrected chi connectivity index (χ4v) is 2.96. The van der Waals surface area contributed by atoms with E-state index in [0.29, 0.717) is 25.9 Å². The molecule has 1 aliphatic rings. The lowest BCUT2D eigenvalue weighted by Crippen LogP contribution is -2.47. The highest BCUT2D eigenvalue weighted by Gasteiger charge is 2.27. The highest BCUT2D eigenvalue weighted by molar-refractivity contribution is 5.87. The van der Waals surface area contributed by atoms with Crippen molar-refractivity contribution in [3.63, 3.8) is 0 Å². The number of hydrogen-bond acceptors (Lipinski definition) is 4. The lowest BCUT2D eigenvalue weighted by Gasteiger charge is -2.24. The van der Waals surface area contributed by atoms with Crippen molar-refractivity contribution in [3.05, 3.63) is 0 Å². The summed E-state index contributed by atoms with van der Waals surface area (Å²) in [4.78, 5) is 30.5. The molecule has 2 amide bonds. The van der Waals surface area contributed by atoms with Crippen LogP contribution in [0.15, 0.2) is 4.99 Å². The maximum Gasteiger partial charge on any atom is 0.245 e. The first-order chi connectivity index (χ1) is 12.0. The third-order valence-electron chi connectivity index (χ3n) is 4.35. The van der Waals surface area contributed by atoms with E-state index in [1.165, 1.54) is 0 Å². The van der Waals surface area contributed by atoms with Crippen molar-refractivity contribution in [2.75, 3.05) is 26.2 Å². The zero-order valence-corrected chi connectivity index (χ0v) is 15.2. The Bertz CT molecular complexity index is 431. The minimum atomic E-state index is -0.418. The number of aliphatic imine (C=N–C) groups is 1. The molecule has 144 valence electrons. The lowest BCUT2D eigenvalue weighted by atomic mass is 10.1. The molecule has 25 heavy (non-hydrogen) atoms. The molecular formula is C17H34N6O2. The standard InChI is InChI=1S/C17H34N6O2/c18-10-4-3-8-14(16(25)23-12-6-7-13-23)22-15(24)9-2-1-5-11-21-17(19)20/h14H,1-13,18H2,(H,22,24)(H4,19,20,21)/t14-/m0/s1. The van der Waals surface area contributed by atoms with E-state index in [1.54, 1.807) is 0 Å². The van der Waals surface area contributed by atoms with Gasteiger partial charge in [0.25, 0.3) is 0 Å². The van der Waals surface area contributed by atoms with Gasteiger partial charge < -0.3 is 27.4 Å². The molecule has 1 heterocycles. The van der Waals surface area contributed by atoms with E-state index < -0.39 is 6.04 Å². The topological polar surface area (TPSA) is 140 Å². The van der Waals surface area contributed by atoms with E-state index in [0.717, 1.165) is 58.0 Å². The van der Waals surface area contributed by atoms with Gasteiger partial charge in [0.15, 0.2) is 5.96 Å². The van der Waals surface area contributed by atoms with Crippen LogP contribution in [-0.4, -0.2) is 54.9 Å². The summed E-state index contributed by atoms with van der Waals surface area (Å²) in [6, 6.07) is -0.418. The molecule has 8 nitrogen and oxygen atoms in total. The third kappa shape index (κ3) is 9.28. The number of nitrogens with two attached hydrogens (primary N) is 3. The van der Waals surface area contributed by atoms with Gasteiger partial charge in [-0.2, -0.15) is 0 Å². The van der Waals surface area contributed by atoms with Gasteiger partial charge in [0.2, 0.25) is 11.8 Å². The summed E-state index contributed by atoms with van der Waals surface area (Å²) in [6.45, 7) is 2.78. The van der Waals surface area contributed by atoms with Crippen LogP contribution in [0.25, 0.3) is 0 Å². The highest BCUT2D eigenvalue weighted by atomic mass is 16.2. The largest absolute Gasteiger partial charge is 0.370 e. The number of nitrogens with one attached hydrogen (secondary N) is 1. The molecule has 1 atom stereocenters. The van der Waals surface area contributed by atoms with Gasteiger partial charge in [0, 0.05) is 26.1 Å². The predicted octanol–water partition coefficient (Wildman–Crippen LogP) is 0.0564. The van der Waals surface area contributed by atoms with Crippen molar-refractivity contribution in [1.82, 2.24) is 10.2 Å². The summed E-state index contributed by atoms with van der Waals surface area (Å²) in [6.07, 6.45) is 7.37. The SMILES string of the molecule is NCCCC[C@H](NC(=O)CCCCCN=C(N)N)C(=O)N1CCCC1. The molecule has 7 N–H and O–H groups in total. The average molecular weight is 354 g/mol. The summed E-state index contributed by atoms with van der Waals surface area (Å²) >= 11 is 0. The number of likely N-dealkylation sites (tertiary alicyclic amines) is 1. The van der Waals surface area contributed by atoms with Crippen molar-refractivity contribution in [1.29, 1.82) is 0 Å². The zero-order chi connectivity index (χ0) is 18.5. The van der Waals surface area contributed by atoms with Crippen molar-refractivity contribution in [2.24, 2.45) is 22.2 Å². The van der Waals surface area contributed by atoms with Crippen LogP contribution in [0.3, 0.4) is 0 Å². The van der Waals surface area contributed by atoms with Crippen LogP contribution in [0.4, 0.5) is 0 Å². The van der Waals surface area contributed by atoms with Gasteiger partial charge in [-0.3, -0.25) is 14.6 Å². The van der Waals surface area contributed by atoms with E-state index in [-0.39, 0.29) is 17.8 Å². The van der Waals surface area contributed by atoms with Crippen molar-refractivity contribution in [3.8, 4) is 0 Å². The summed E-state index contributed by atoms with van der Waals surface area (Å²) in [5.41, 5.74) is 16.1. The van der Waals surface area contributed by atoms with Gasteiger partial charge in [0.1, 0.15) is 6.04 Å². The smallest absolute Gasteiger partial charge is 0.245 e. The summed E-state index contributed by atoms with van der Waals surface area (Å²) < 4.78 is 0. The molecule has 0 aromatic carbocycles. The Hall–Kier alpha value is -1.83. The fourth-order valence-electron chi connectivity index (χ4n) is 2.96. The van der Waals surface area contributed by atoms with Crippen molar-refractivity contribution in [2.45, 2.75) is 63.8 Å². The van der Waals surface area contributed by atoms with Gasteiger partial charge in [-0.25, -0.2) is 0 Å². The monoisotopic (exact) mass is 354 g/mol. The fraction of sp³-hybridized carbons (Fsp3) is 0.824. The van der Waals surface area contributed by atoms with Gasteiger partial charge in [0.05, 0.1) is 0 Å². The normalized spacial score (nSPS) is 15.0. The minimum Gasteiger partial charge on any atom is -0.370 e. The third-order valence-corrected chi connectivity index (χ3v) is 4.35. The molecule has 0 radical (unpaired) electrons. The molecule has 1 rings (SSSR count). The van der Waals surface area contributed by atoms with Crippen LogP contribution in [0.5, 0.6) is 0 Å². The Morgan fingerprint density at radius 3 is 2.40 bits per heavy atom. The Labute approximate surface area is 150 Å². The molecule has 0 aliphatic carbocycles. The first-order valence-electron chi connectivity index (χ1n) is 9.38. The lowest BCUT2D eigenvalue weighted by molar-refractivity contribution is -0.135. The predicted molar refractivity (Wildman–Crippen MR) is 99.8 cm³/mol. The van der Waals surface area contributed by atoms with E-state index in [9.17, 15) is 9.59 Å². The molecule has 1 aliphatic heterocycles.